The van der Waals surface area contributed by atoms with Crippen LogP contribution in [0.2, 0.25) is 0 Å². The molecular weight excluding hydrogens is 486 g/mol. The van der Waals surface area contributed by atoms with Crippen LogP contribution in [0, 0.1) is 5.41 Å². The van der Waals surface area contributed by atoms with E-state index >= 15 is 0 Å². The van der Waals surface area contributed by atoms with Crippen LogP contribution < -0.4 is 4.74 Å². The molecule has 0 amide bonds. The Morgan fingerprint density at radius 3 is 2.32 bits per heavy atom. The fourth-order valence-electron chi connectivity index (χ4n) is 3.57. The largest absolute Gasteiger partial charge is 0.503 e. The Labute approximate surface area is 214 Å². The molecule has 1 unspecified atom stereocenters. The van der Waals surface area contributed by atoms with Crippen LogP contribution in [0.25, 0.3) is 5.57 Å². The highest BCUT2D eigenvalue weighted by Gasteiger charge is 2.68. The normalized spacial score (nSPS) is 19.2. The van der Waals surface area contributed by atoms with Gasteiger partial charge in [0.05, 0.1) is 32.5 Å². The third kappa shape index (κ3) is 6.63. The van der Waals surface area contributed by atoms with Crippen molar-refractivity contribution in [3.05, 3.63) is 71.5 Å². The van der Waals surface area contributed by atoms with E-state index < -0.39 is 17.3 Å². The summed E-state index contributed by atoms with van der Waals surface area (Å²) < 4.78 is 42.3. The summed E-state index contributed by atoms with van der Waals surface area (Å²) in [5.74, 6) is -2.76. The van der Waals surface area contributed by atoms with Crippen molar-refractivity contribution in [2.45, 2.75) is 32.8 Å². The van der Waals surface area contributed by atoms with E-state index in [0.717, 1.165) is 0 Å². The fraction of sp³-hybridized carbons (Fsp3) is 0.370. The lowest BCUT2D eigenvalue weighted by Crippen LogP contribution is -2.17. The second-order valence-electron chi connectivity index (χ2n) is 8.74. The number of carbonyl (C=O) groups excluding carboxylic acids is 1. The van der Waals surface area contributed by atoms with Crippen molar-refractivity contribution in [3.8, 4) is 5.75 Å². The van der Waals surface area contributed by atoms with Crippen LogP contribution in [0.4, 0.5) is 8.78 Å². The third-order valence-electron chi connectivity index (χ3n) is 5.95. The first-order valence-corrected chi connectivity index (χ1v) is 11.4. The Morgan fingerprint density at radius 2 is 1.73 bits per heavy atom. The van der Waals surface area contributed by atoms with Gasteiger partial charge in [0.15, 0.2) is 0 Å². The monoisotopic (exact) mass is 516 g/mol. The average molecular weight is 517 g/mol. The van der Waals surface area contributed by atoms with Gasteiger partial charge in [-0.05, 0) is 36.8 Å². The molecule has 0 aromatic heterocycles. The van der Waals surface area contributed by atoms with E-state index in [-0.39, 0.29) is 25.2 Å². The minimum absolute atomic E-state index is 0.0575. The molecule has 198 valence electrons. The van der Waals surface area contributed by atoms with E-state index in [1.54, 1.807) is 49.4 Å². The Balaban J connectivity index is 1.70. The van der Waals surface area contributed by atoms with Gasteiger partial charge in [-0.3, -0.25) is 0 Å². The Bertz CT molecular complexity index is 1190. The van der Waals surface area contributed by atoms with Crippen molar-refractivity contribution in [2.24, 2.45) is 15.7 Å². The molecule has 1 aliphatic rings. The third-order valence-corrected chi connectivity index (χ3v) is 5.95. The standard InChI is InChI=1S/C27H30F2N2O6/c1-18(30-37-14-20-8-6-7-9-22(20)23(15-33-3)25(32)34-4)24(31-35-5)19-10-12-21(13-11-19)36-17-26(2)16-27(26,28)29/h6-13,15H,14,16-17H2,1-5H3/b23-15+,30-18+,31-24-. The summed E-state index contributed by atoms with van der Waals surface area (Å²) in [4.78, 5) is 22.7. The molecule has 0 saturated heterocycles. The van der Waals surface area contributed by atoms with Crippen molar-refractivity contribution in [1.82, 2.24) is 0 Å². The highest BCUT2D eigenvalue weighted by molar-refractivity contribution is 6.47. The van der Waals surface area contributed by atoms with Crippen LogP contribution >= 0.6 is 0 Å². The predicted molar refractivity (Wildman–Crippen MR) is 134 cm³/mol. The van der Waals surface area contributed by atoms with Crippen LogP contribution in [-0.2, 0) is 30.6 Å². The Morgan fingerprint density at radius 1 is 1.05 bits per heavy atom. The zero-order valence-electron chi connectivity index (χ0n) is 21.4. The second-order valence-corrected chi connectivity index (χ2v) is 8.74. The number of ether oxygens (including phenoxy) is 3. The van der Waals surface area contributed by atoms with Crippen LogP contribution in [0.5, 0.6) is 5.75 Å². The lowest BCUT2D eigenvalue weighted by atomic mass is 10.0. The number of oxime groups is 2. The van der Waals surface area contributed by atoms with Crippen molar-refractivity contribution in [2.75, 3.05) is 27.9 Å². The number of carbonyl (C=O) groups is 1. The number of halogens is 2. The van der Waals surface area contributed by atoms with Gasteiger partial charge in [0.25, 0.3) is 5.92 Å². The molecule has 8 nitrogen and oxygen atoms in total. The summed E-state index contributed by atoms with van der Waals surface area (Å²) in [7, 11) is 4.14. The summed E-state index contributed by atoms with van der Waals surface area (Å²) in [6.45, 7) is 3.20. The van der Waals surface area contributed by atoms with E-state index in [9.17, 15) is 13.6 Å². The number of benzene rings is 2. The van der Waals surface area contributed by atoms with Crippen molar-refractivity contribution >= 4 is 23.0 Å². The van der Waals surface area contributed by atoms with Gasteiger partial charge in [0.1, 0.15) is 36.5 Å². The number of methoxy groups -OCH3 is 2. The van der Waals surface area contributed by atoms with Gasteiger partial charge in [-0.25, -0.2) is 13.6 Å². The van der Waals surface area contributed by atoms with E-state index in [1.165, 1.54) is 34.5 Å². The fourth-order valence-corrected chi connectivity index (χ4v) is 3.57. The van der Waals surface area contributed by atoms with Crippen molar-refractivity contribution in [3.63, 3.8) is 0 Å². The van der Waals surface area contributed by atoms with Gasteiger partial charge < -0.3 is 23.9 Å². The van der Waals surface area contributed by atoms with Crippen LogP contribution in [0.15, 0.2) is 65.1 Å². The molecule has 1 saturated carbocycles. The van der Waals surface area contributed by atoms with Crippen LogP contribution in [0.3, 0.4) is 0 Å². The summed E-state index contributed by atoms with van der Waals surface area (Å²) in [5, 5.41) is 8.21. The SMILES string of the molecule is CO/C=C(/C(=O)OC)c1ccccc1CO/N=C(C)/C(=N/OC)c1ccc(OCC2(C)CC2(F)F)cc1. The molecule has 2 aromatic rings. The quantitative estimate of drug-likeness (QED) is 0.126. The van der Waals surface area contributed by atoms with Crippen LogP contribution in [0.1, 0.15) is 37.0 Å². The molecule has 0 bridgehead atoms. The Kier molecular flexibility index (Phi) is 8.86. The number of esters is 1. The summed E-state index contributed by atoms with van der Waals surface area (Å²) >= 11 is 0. The smallest absolute Gasteiger partial charge is 0.341 e. The summed E-state index contributed by atoms with van der Waals surface area (Å²) in [6.07, 6.45) is 1.14. The maximum absolute atomic E-state index is 13.4. The van der Waals surface area contributed by atoms with Gasteiger partial charge in [-0.2, -0.15) is 0 Å². The first-order valence-electron chi connectivity index (χ1n) is 11.4. The first-order chi connectivity index (χ1) is 17.7. The highest BCUT2D eigenvalue weighted by Crippen LogP contribution is 2.60. The Hall–Kier alpha value is -3.95. The van der Waals surface area contributed by atoms with Gasteiger partial charge >= 0.3 is 5.97 Å². The minimum Gasteiger partial charge on any atom is -0.503 e. The zero-order chi connectivity index (χ0) is 27.1. The maximum atomic E-state index is 13.4. The first kappa shape index (κ1) is 27.6. The van der Waals surface area contributed by atoms with Gasteiger partial charge in [0.2, 0.25) is 0 Å². The minimum atomic E-state index is -2.68. The molecule has 0 N–H and O–H groups in total. The highest BCUT2D eigenvalue weighted by atomic mass is 19.3. The number of nitrogens with zero attached hydrogens (tertiary/aromatic N) is 2. The number of alkyl halides is 2. The number of rotatable bonds is 12. The predicted octanol–water partition coefficient (Wildman–Crippen LogP) is 5.21. The molecule has 1 atom stereocenters. The molecular formula is C27H30F2N2O6. The molecule has 10 heteroatoms. The number of hydrogen-bond donors (Lipinski definition) is 0. The number of hydrogen-bond acceptors (Lipinski definition) is 8. The van der Waals surface area contributed by atoms with E-state index in [0.29, 0.717) is 33.9 Å². The van der Waals surface area contributed by atoms with Gasteiger partial charge in [-0.1, -0.05) is 41.5 Å². The second kappa shape index (κ2) is 11.9. The van der Waals surface area contributed by atoms with Gasteiger partial charge in [-0.15, -0.1) is 0 Å². The molecule has 1 aliphatic carbocycles. The van der Waals surface area contributed by atoms with E-state index in [1.807, 2.05) is 6.07 Å². The maximum Gasteiger partial charge on any atom is 0.341 e. The average Bonchev–Trinajstić information content (AvgIpc) is 3.41. The molecule has 0 spiro atoms. The molecule has 0 aliphatic heterocycles. The molecule has 37 heavy (non-hydrogen) atoms. The van der Waals surface area contributed by atoms with Crippen molar-refractivity contribution < 1.29 is 37.5 Å². The molecule has 0 heterocycles. The lowest BCUT2D eigenvalue weighted by Gasteiger charge is -2.13. The molecule has 1 fully saturated rings. The summed E-state index contributed by atoms with van der Waals surface area (Å²) in [5.41, 5.74) is 1.91. The van der Waals surface area contributed by atoms with E-state index in [4.69, 9.17) is 23.9 Å². The molecule has 2 aromatic carbocycles. The van der Waals surface area contributed by atoms with Crippen LogP contribution in [-0.4, -0.2) is 51.3 Å². The summed E-state index contributed by atoms with van der Waals surface area (Å²) in [6, 6.07) is 14.0. The molecule has 3 rings (SSSR count). The van der Waals surface area contributed by atoms with E-state index in [2.05, 4.69) is 10.3 Å². The lowest BCUT2D eigenvalue weighted by molar-refractivity contribution is -0.133. The van der Waals surface area contributed by atoms with Crippen molar-refractivity contribution in [1.29, 1.82) is 0 Å². The van der Waals surface area contributed by atoms with Gasteiger partial charge in [0, 0.05) is 17.5 Å². The topological polar surface area (TPSA) is 87.9 Å². The molecule has 0 radical (unpaired) electrons. The zero-order valence-corrected chi connectivity index (χ0v) is 21.4.